The fraction of sp³-hybridized carbons (Fsp3) is 0.333. The van der Waals surface area contributed by atoms with E-state index in [4.69, 9.17) is 9.47 Å². The van der Waals surface area contributed by atoms with E-state index >= 15 is 0 Å². The first-order chi connectivity index (χ1) is 11.0. The van der Waals surface area contributed by atoms with E-state index in [1.165, 1.54) is 7.11 Å². The van der Waals surface area contributed by atoms with Crippen LogP contribution in [0.15, 0.2) is 24.3 Å². The lowest BCUT2D eigenvalue weighted by molar-refractivity contribution is 0.0593. The van der Waals surface area contributed by atoms with Gasteiger partial charge in [0.15, 0.2) is 5.78 Å². The summed E-state index contributed by atoms with van der Waals surface area (Å²) in [6.07, 6.45) is 1.12. The highest BCUT2D eigenvalue weighted by Gasteiger charge is 2.32. The molecule has 0 aliphatic heterocycles. The van der Waals surface area contributed by atoms with Gasteiger partial charge in [0.2, 0.25) is 0 Å². The highest BCUT2D eigenvalue weighted by molar-refractivity contribution is 6.03. The largest absolute Gasteiger partial charge is 0.497 e. The maximum Gasteiger partial charge on any atom is 0.354 e. The molecule has 23 heavy (non-hydrogen) atoms. The van der Waals surface area contributed by atoms with Crippen LogP contribution >= 0.6 is 0 Å². The van der Waals surface area contributed by atoms with Gasteiger partial charge in [0.05, 0.1) is 14.2 Å². The summed E-state index contributed by atoms with van der Waals surface area (Å²) in [6.45, 7) is 1.78. The van der Waals surface area contributed by atoms with Crippen molar-refractivity contribution in [2.75, 3.05) is 14.2 Å². The van der Waals surface area contributed by atoms with Crippen molar-refractivity contribution in [3.8, 4) is 5.75 Å². The molecule has 1 heterocycles. The molecule has 0 spiro atoms. The lowest BCUT2D eigenvalue weighted by atomic mass is 9.81. The van der Waals surface area contributed by atoms with Crippen LogP contribution in [-0.4, -0.2) is 31.0 Å². The molecule has 1 N–H and O–H groups in total. The van der Waals surface area contributed by atoms with Crippen molar-refractivity contribution in [3.63, 3.8) is 0 Å². The van der Waals surface area contributed by atoms with E-state index in [0.717, 1.165) is 17.0 Å². The summed E-state index contributed by atoms with van der Waals surface area (Å²) in [7, 11) is 2.96. The van der Waals surface area contributed by atoms with Gasteiger partial charge in [-0.15, -0.1) is 0 Å². The van der Waals surface area contributed by atoms with Crippen LogP contribution in [0.3, 0.4) is 0 Å². The monoisotopic (exact) mass is 313 g/mol. The molecule has 0 saturated heterocycles. The van der Waals surface area contributed by atoms with Gasteiger partial charge in [0, 0.05) is 17.7 Å². The van der Waals surface area contributed by atoms with E-state index in [0.29, 0.717) is 29.7 Å². The third kappa shape index (κ3) is 2.63. The molecule has 1 aliphatic carbocycles. The number of rotatable bonds is 3. The van der Waals surface area contributed by atoms with Gasteiger partial charge in [0.25, 0.3) is 0 Å². The number of nitrogens with one attached hydrogen (secondary N) is 1. The molecule has 0 amide bonds. The van der Waals surface area contributed by atoms with Crippen molar-refractivity contribution >= 4 is 11.8 Å². The SMILES string of the molecule is COC(=O)c1[nH]c2c(c1C)C(=O)C[C@H](c1cccc(OC)c1)C2. The van der Waals surface area contributed by atoms with Gasteiger partial charge >= 0.3 is 5.97 Å². The second-order valence-electron chi connectivity index (χ2n) is 5.78. The van der Waals surface area contributed by atoms with E-state index in [1.54, 1.807) is 14.0 Å². The highest BCUT2D eigenvalue weighted by Crippen LogP contribution is 2.36. The Bertz CT molecular complexity index is 775. The number of ether oxygens (including phenoxy) is 2. The molecular formula is C18H19NO4. The summed E-state index contributed by atoms with van der Waals surface area (Å²) in [6, 6.07) is 7.77. The molecule has 1 atom stereocenters. The maximum atomic E-state index is 12.6. The molecule has 0 unspecified atom stereocenters. The predicted molar refractivity (Wildman–Crippen MR) is 85.3 cm³/mol. The number of fused-ring (bicyclic) bond motifs is 1. The molecule has 5 nitrogen and oxygen atoms in total. The van der Waals surface area contributed by atoms with E-state index in [2.05, 4.69) is 4.98 Å². The first-order valence-corrected chi connectivity index (χ1v) is 7.52. The summed E-state index contributed by atoms with van der Waals surface area (Å²) in [4.78, 5) is 27.5. The van der Waals surface area contributed by atoms with Crippen molar-refractivity contribution in [2.24, 2.45) is 0 Å². The number of aromatic nitrogens is 1. The molecule has 2 aromatic rings. The van der Waals surface area contributed by atoms with E-state index in [9.17, 15) is 9.59 Å². The van der Waals surface area contributed by atoms with Crippen LogP contribution in [0, 0.1) is 6.92 Å². The van der Waals surface area contributed by atoms with Gasteiger partial charge in [0.1, 0.15) is 11.4 Å². The predicted octanol–water partition coefficient (Wildman–Crippen LogP) is 3.03. The summed E-state index contributed by atoms with van der Waals surface area (Å²) in [5, 5.41) is 0. The number of esters is 1. The van der Waals surface area contributed by atoms with Crippen molar-refractivity contribution in [1.29, 1.82) is 0 Å². The zero-order valence-corrected chi connectivity index (χ0v) is 13.4. The van der Waals surface area contributed by atoms with Gasteiger partial charge < -0.3 is 14.5 Å². The van der Waals surface area contributed by atoms with Crippen LogP contribution in [0.5, 0.6) is 5.75 Å². The number of ketones is 1. The van der Waals surface area contributed by atoms with E-state index in [1.807, 2.05) is 24.3 Å². The summed E-state index contributed by atoms with van der Waals surface area (Å²) in [5.74, 6) is 0.470. The Balaban J connectivity index is 1.97. The second kappa shape index (κ2) is 5.91. The minimum absolute atomic E-state index is 0.0583. The Hall–Kier alpha value is -2.56. The average molecular weight is 313 g/mol. The summed E-state index contributed by atoms with van der Waals surface area (Å²) in [5.41, 5.74) is 3.57. The molecule has 3 rings (SSSR count). The molecule has 1 aromatic heterocycles. The number of carbonyl (C=O) groups excluding carboxylic acids is 2. The van der Waals surface area contributed by atoms with Crippen LogP contribution in [0.1, 0.15) is 50.0 Å². The van der Waals surface area contributed by atoms with Crippen LogP contribution in [0.2, 0.25) is 0 Å². The van der Waals surface area contributed by atoms with Crippen LogP contribution in [0.25, 0.3) is 0 Å². The van der Waals surface area contributed by atoms with Crippen LogP contribution in [0.4, 0.5) is 0 Å². The third-order valence-electron chi connectivity index (χ3n) is 4.44. The number of H-pyrrole nitrogens is 1. The molecule has 0 saturated carbocycles. The Labute approximate surface area is 134 Å². The minimum Gasteiger partial charge on any atom is -0.497 e. The normalized spacial score (nSPS) is 16.8. The van der Waals surface area contributed by atoms with Crippen molar-refractivity contribution in [2.45, 2.75) is 25.7 Å². The smallest absolute Gasteiger partial charge is 0.354 e. The number of aromatic amines is 1. The zero-order valence-electron chi connectivity index (χ0n) is 13.4. The molecule has 1 aliphatic rings. The molecule has 0 fully saturated rings. The van der Waals surface area contributed by atoms with Crippen molar-refractivity contribution < 1.29 is 19.1 Å². The Morgan fingerprint density at radius 1 is 1.26 bits per heavy atom. The molecule has 1 aromatic carbocycles. The van der Waals surface area contributed by atoms with Crippen LogP contribution in [-0.2, 0) is 11.2 Å². The van der Waals surface area contributed by atoms with Gasteiger partial charge in [-0.1, -0.05) is 12.1 Å². The van der Waals surface area contributed by atoms with E-state index < -0.39 is 5.97 Å². The number of carbonyl (C=O) groups is 2. The van der Waals surface area contributed by atoms with Gasteiger partial charge in [-0.2, -0.15) is 0 Å². The fourth-order valence-electron chi connectivity index (χ4n) is 3.27. The summed E-state index contributed by atoms with van der Waals surface area (Å²) < 4.78 is 10.0. The number of Topliss-reactive ketones (excluding diaryl/α,β-unsaturated/α-hetero) is 1. The lowest BCUT2D eigenvalue weighted by Crippen LogP contribution is -2.18. The molecule has 0 radical (unpaired) electrons. The Morgan fingerprint density at radius 3 is 2.74 bits per heavy atom. The molecule has 5 heteroatoms. The van der Waals surface area contributed by atoms with Crippen LogP contribution < -0.4 is 4.74 Å². The zero-order chi connectivity index (χ0) is 16.6. The fourth-order valence-corrected chi connectivity index (χ4v) is 3.27. The quantitative estimate of drug-likeness (QED) is 0.884. The van der Waals surface area contributed by atoms with Crippen molar-refractivity contribution in [1.82, 2.24) is 4.98 Å². The van der Waals surface area contributed by atoms with Gasteiger partial charge in [-0.3, -0.25) is 4.79 Å². The topological polar surface area (TPSA) is 68.4 Å². The van der Waals surface area contributed by atoms with Gasteiger partial charge in [-0.05, 0) is 42.5 Å². The van der Waals surface area contributed by atoms with Crippen molar-refractivity contribution in [3.05, 3.63) is 52.3 Å². The second-order valence-corrected chi connectivity index (χ2v) is 5.78. The highest BCUT2D eigenvalue weighted by atomic mass is 16.5. The summed E-state index contributed by atoms with van der Waals surface area (Å²) >= 11 is 0. The molecule has 0 bridgehead atoms. The molecule has 120 valence electrons. The lowest BCUT2D eigenvalue weighted by Gasteiger charge is -2.22. The van der Waals surface area contributed by atoms with Gasteiger partial charge in [-0.25, -0.2) is 4.79 Å². The number of hydrogen-bond acceptors (Lipinski definition) is 4. The maximum absolute atomic E-state index is 12.6. The number of benzene rings is 1. The average Bonchev–Trinajstić information content (AvgIpc) is 2.91. The van der Waals surface area contributed by atoms with E-state index in [-0.39, 0.29) is 11.7 Å². The Morgan fingerprint density at radius 2 is 2.04 bits per heavy atom. The molecular weight excluding hydrogens is 294 g/mol. The third-order valence-corrected chi connectivity index (χ3v) is 4.44. The minimum atomic E-state index is -0.442. The number of methoxy groups -OCH3 is 2. The first-order valence-electron chi connectivity index (χ1n) is 7.52. The first kappa shape index (κ1) is 15.3. The Kier molecular flexibility index (Phi) is 3.94. The standard InChI is InChI=1S/C18H19NO4/c1-10-16-14(19-17(10)18(21)23-3)8-12(9-15(16)20)11-5-4-6-13(7-11)22-2/h4-7,12,19H,8-9H2,1-3H3/t12-/m1/s1. The number of hydrogen-bond donors (Lipinski definition) is 1.